The van der Waals surface area contributed by atoms with E-state index in [1.54, 1.807) is 0 Å². The molecule has 2 aliphatic heterocycles. The summed E-state index contributed by atoms with van der Waals surface area (Å²) in [5, 5.41) is 3.04. The number of amides is 3. The van der Waals surface area contributed by atoms with Gasteiger partial charge < -0.3 is 16.0 Å². The Labute approximate surface area is 241 Å². The van der Waals surface area contributed by atoms with Gasteiger partial charge in [-0.25, -0.2) is 4.39 Å². The van der Waals surface area contributed by atoms with Crippen molar-refractivity contribution >= 4 is 29.2 Å². The highest BCUT2D eigenvalue weighted by molar-refractivity contribution is 6.12. The van der Waals surface area contributed by atoms with Gasteiger partial charge >= 0.3 is 0 Å². The maximum Gasteiger partial charge on any atom is 0.278 e. The molecule has 5 rings (SSSR count). The van der Waals surface area contributed by atoms with Gasteiger partial charge in [0.2, 0.25) is 11.8 Å². The van der Waals surface area contributed by atoms with Gasteiger partial charge in [0.15, 0.2) is 0 Å². The summed E-state index contributed by atoms with van der Waals surface area (Å²) in [5.74, 6) is -0.361. The number of nitrogens with one attached hydrogen (secondary N) is 1. The molecule has 1 unspecified atom stereocenters. The number of carbonyl (C=O) groups is 3. The van der Waals surface area contributed by atoms with Crippen LogP contribution in [0.5, 0.6) is 0 Å². The lowest BCUT2D eigenvalue weighted by atomic mass is 9.84. The molecule has 218 valence electrons. The van der Waals surface area contributed by atoms with Gasteiger partial charge in [-0.15, -0.1) is 0 Å². The molecule has 3 aliphatic rings. The van der Waals surface area contributed by atoms with Crippen molar-refractivity contribution in [3.8, 4) is 0 Å². The van der Waals surface area contributed by atoms with Gasteiger partial charge in [0.05, 0.1) is 5.92 Å². The first-order valence-corrected chi connectivity index (χ1v) is 14.8. The van der Waals surface area contributed by atoms with Crippen LogP contribution in [0, 0.1) is 17.7 Å². The van der Waals surface area contributed by atoms with E-state index in [4.69, 9.17) is 5.73 Å². The Morgan fingerprint density at radius 1 is 1.02 bits per heavy atom. The first kappa shape index (κ1) is 28.9. The van der Waals surface area contributed by atoms with Crippen molar-refractivity contribution in [1.29, 1.82) is 0 Å². The zero-order valence-electron chi connectivity index (χ0n) is 23.9. The smallest absolute Gasteiger partial charge is 0.278 e. The summed E-state index contributed by atoms with van der Waals surface area (Å²) < 4.78 is 13.5. The molecular weight excluding hydrogens is 521 g/mol. The highest BCUT2D eigenvalue weighted by Crippen LogP contribution is 2.38. The maximum atomic E-state index is 13.5. The monoisotopic (exact) mass is 561 g/mol. The van der Waals surface area contributed by atoms with E-state index < -0.39 is 11.7 Å². The second-order valence-corrected chi connectivity index (χ2v) is 12.0. The highest BCUT2D eigenvalue weighted by atomic mass is 19.1. The number of carbonyl (C=O) groups excluding carboxylic acids is 3. The number of nitrogens with zero attached hydrogens (tertiary/aromatic N) is 3. The lowest BCUT2D eigenvalue weighted by molar-refractivity contribution is -0.126. The van der Waals surface area contributed by atoms with Crippen LogP contribution >= 0.6 is 0 Å². The van der Waals surface area contributed by atoms with Crippen LogP contribution in [-0.4, -0.2) is 53.6 Å². The van der Waals surface area contributed by atoms with E-state index in [1.807, 2.05) is 13.8 Å². The number of benzene rings is 2. The minimum atomic E-state index is -0.397. The lowest BCUT2D eigenvalue weighted by Gasteiger charge is -2.36. The summed E-state index contributed by atoms with van der Waals surface area (Å²) in [4.78, 5) is 46.6. The average molecular weight is 562 g/mol. The molecule has 0 radical (unpaired) electrons. The average Bonchev–Trinajstić information content (AvgIpc) is 3.30. The van der Waals surface area contributed by atoms with E-state index >= 15 is 0 Å². The molecule has 2 aromatic rings. The number of hydrogen-bond acceptors (Lipinski definition) is 4. The maximum absolute atomic E-state index is 13.5. The Morgan fingerprint density at radius 2 is 1.76 bits per heavy atom. The quantitative estimate of drug-likeness (QED) is 0.527. The molecule has 1 saturated carbocycles. The van der Waals surface area contributed by atoms with Crippen molar-refractivity contribution in [3.05, 3.63) is 65.0 Å². The van der Waals surface area contributed by atoms with Crippen LogP contribution in [0.25, 0.3) is 0 Å². The second kappa shape index (κ2) is 12.5. The molecule has 0 bridgehead atoms. The Balaban J connectivity index is 1.39. The zero-order valence-corrected chi connectivity index (χ0v) is 23.9. The van der Waals surface area contributed by atoms with E-state index in [2.05, 4.69) is 38.3 Å². The second-order valence-electron chi connectivity index (χ2n) is 12.0. The van der Waals surface area contributed by atoms with Gasteiger partial charge in [0.1, 0.15) is 11.7 Å². The fourth-order valence-corrected chi connectivity index (χ4v) is 6.44. The van der Waals surface area contributed by atoms with Gasteiger partial charge in [-0.3, -0.25) is 19.3 Å². The molecule has 41 heavy (non-hydrogen) atoms. The molecular formula is C32H40FN5O3. The van der Waals surface area contributed by atoms with E-state index in [0.29, 0.717) is 30.9 Å². The Morgan fingerprint density at radius 3 is 2.44 bits per heavy atom. The summed E-state index contributed by atoms with van der Waals surface area (Å²) in [6, 6.07) is 12.1. The van der Waals surface area contributed by atoms with Crippen molar-refractivity contribution in [2.24, 2.45) is 22.6 Å². The molecule has 3 amide bonds. The fraction of sp³-hybridized carbons (Fsp3) is 0.500. The number of hydrogen-bond donors (Lipinski definition) is 2. The SMILES string of the molecule is CC(C)NC(=O)C1CCC(N2C(=NC(=O)c3ccc(F)cc3)Cc3ccc(CN4CCCC(C(N)=O)C4)cc32)CC1. The Bertz CT molecular complexity index is 1320. The summed E-state index contributed by atoms with van der Waals surface area (Å²) in [6.07, 6.45) is 5.49. The first-order chi connectivity index (χ1) is 19.7. The van der Waals surface area contributed by atoms with Crippen LogP contribution in [0.2, 0.25) is 0 Å². The van der Waals surface area contributed by atoms with Crippen molar-refractivity contribution in [2.45, 2.75) is 77.4 Å². The number of primary amides is 1. The predicted molar refractivity (Wildman–Crippen MR) is 157 cm³/mol. The van der Waals surface area contributed by atoms with Crippen LogP contribution in [0.3, 0.4) is 0 Å². The van der Waals surface area contributed by atoms with Crippen LogP contribution in [0.15, 0.2) is 47.5 Å². The van der Waals surface area contributed by atoms with Gasteiger partial charge in [-0.1, -0.05) is 12.1 Å². The van der Waals surface area contributed by atoms with Gasteiger partial charge in [0.25, 0.3) is 5.91 Å². The fourth-order valence-electron chi connectivity index (χ4n) is 6.44. The first-order valence-electron chi connectivity index (χ1n) is 14.8. The molecule has 2 fully saturated rings. The standard InChI is InChI=1S/C32H40FN5O3/c1-20(2)35-31(40)23-9-13-27(14-10-23)38-28-16-21(18-37-15-3-4-25(19-37)30(34)39)5-6-24(28)17-29(38)36-32(41)22-7-11-26(33)12-8-22/h5-8,11-12,16,20,23,25,27H,3-4,9-10,13-15,17-19H2,1-2H3,(H2,34,39)(H,35,40). The zero-order chi connectivity index (χ0) is 29.1. The van der Waals surface area contributed by atoms with E-state index in [0.717, 1.165) is 61.9 Å². The van der Waals surface area contributed by atoms with E-state index in [9.17, 15) is 18.8 Å². The largest absolute Gasteiger partial charge is 0.369 e. The van der Waals surface area contributed by atoms with Crippen LogP contribution in [0.4, 0.5) is 10.1 Å². The Kier molecular flexibility index (Phi) is 8.82. The third-order valence-electron chi connectivity index (χ3n) is 8.54. The molecule has 8 nitrogen and oxygen atoms in total. The molecule has 1 saturated heterocycles. The summed E-state index contributed by atoms with van der Waals surface area (Å²) >= 11 is 0. The lowest BCUT2D eigenvalue weighted by Crippen LogP contribution is -2.44. The third-order valence-corrected chi connectivity index (χ3v) is 8.54. The molecule has 1 atom stereocenters. The van der Waals surface area contributed by atoms with Crippen LogP contribution in [0.1, 0.15) is 73.9 Å². The minimum absolute atomic E-state index is 0.0133. The number of halogens is 1. The van der Waals surface area contributed by atoms with Gasteiger partial charge in [-0.05, 0) is 100 Å². The number of piperidine rings is 1. The number of rotatable bonds is 7. The van der Waals surface area contributed by atoms with Gasteiger partial charge in [-0.2, -0.15) is 4.99 Å². The molecule has 1 aliphatic carbocycles. The minimum Gasteiger partial charge on any atom is -0.369 e. The number of anilines is 1. The van der Waals surface area contributed by atoms with E-state index in [1.165, 1.54) is 24.3 Å². The van der Waals surface area contributed by atoms with Crippen molar-refractivity contribution in [1.82, 2.24) is 10.2 Å². The summed E-state index contributed by atoms with van der Waals surface area (Å²) in [5.41, 5.74) is 9.23. The predicted octanol–water partition coefficient (Wildman–Crippen LogP) is 4.21. The number of amidine groups is 1. The summed E-state index contributed by atoms with van der Waals surface area (Å²) in [7, 11) is 0. The molecule has 0 aromatic heterocycles. The molecule has 3 N–H and O–H groups in total. The Hall–Kier alpha value is -3.59. The third kappa shape index (κ3) is 6.84. The number of nitrogens with two attached hydrogens (primary N) is 1. The van der Waals surface area contributed by atoms with Crippen molar-refractivity contribution in [2.75, 3.05) is 18.0 Å². The van der Waals surface area contributed by atoms with E-state index in [-0.39, 0.29) is 35.7 Å². The number of fused-ring (bicyclic) bond motifs is 1. The van der Waals surface area contributed by atoms with Crippen molar-refractivity contribution in [3.63, 3.8) is 0 Å². The number of aliphatic imine (C=N–C) groups is 1. The summed E-state index contributed by atoms with van der Waals surface area (Å²) in [6.45, 7) is 6.25. The van der Waals surface area contributed by atoms with Gasteiger partial charge in [0, 0.05) is 48.8 Å². The molecule has 9 heteroatoms. The topological polar surface area (TPSA) is 108 Å². The van der Waals surface area contributed by atoms with Crippen LogP contribution < -0.4 is 16.0 Å². The van der Waals surface area contributed by atoms with Crippen LogP contribution in [-0.2, 0) is 22.6 Å². The molecule has 2 heterocycles. The highest BCUT2D eigenvalue weighted by Gasteiger charge is 2.36. The molecule has 2 aromatic carbocycles. The molecule has 0 spiro atoms. The van der Waals surface area contributed by atoms with Crippen molar-refractivity contribution < 1.29 is 18.8 Å². The normalized spacial score (nSPS) is 24.0. The number of likely N-dealkylation sites (tertiary alicyclic amines) is 1.